The first-order valence-corrected chi connectivity index (χ1v) is 9.01. The van der Waals surface area contributed by atoms with Crippen molar-refractivity contribution in [3.63, 3.8) is 0 Å². The van der Waals surface area contributed by atoms with Gasteiger partial charge in [0.2, 0.25) is 0 Å². The highest BCUT2D eigenvalue weighted by atomic mass is 35.5. The summed E-state index contributed by atoms with van der Waals surface area (Å²) < 4.78 is 0. The molecule has 1 heterocycles. The van der Waals surface area contributed by atoms with Crippen molar-refractivity contribution in [3.05, 3.63) is 47.0 Å². The van der Waals surface area contributed by atoms with Crippen LogP contribution in [-0.2, 0) is 6.54 Å². The zero-order chi connectivity index (χ0) is 14.9. The summed E-state index contributed by atoms with van der Waals surface area (Å²) in [6.45, 7) is 7.16. The number of nitrogens with zero attached hydrogens (tertiary/aromatic N) is 2. The van der Waals surface area contributed by atoms with Crippen molar-refractivity contribution in [1.82, 2.24) is 9.80 Å². The molecule has 0 radical (unpaired) electrons. The summed E-state index contributed by atoms with van der Waals surface area (Å²) in [4.78, 5) is 5.25. The molecule has 22 heavy (non-hydrogen) atoms. The number of piperazine rings is 1. The van der Waals surface area contributed by atoms with Crippen molar-refractivity contribution in [1.29, 1.82) is 0 Å². The van der Waals surface area contributed by atoms with Gasteiger partial charge in [-0.25, -0.2) is 0 Å². The van der Waals surface area contributed by atoms with Crippen molar-refractivity contribution in [2.75, 3.05) is 32.7 Å². The standard InChI is InChI=1S/C19H25ClN2/c20-19-3-1-2-16(12-19)13-21-6-8-22(9-7-21)14-18-11-15-4-5-17(18)10-15/h1-5,12,15,17-18H,6-11,13-14H2/t15-,17+,18+/m1/s1. The maximum absolute atomic E-state index is 6.08. The van der Waals surface area contributed by atoms with Crippen molar-refractivity contribution < 1.29 is 0 Å². The van der Waals surface area contributed by atoms with Gasteiger partial charge in [-0.15, -0.1) is 0 Å². The smallest absolute Gasteiger partial charge is 0.0409 e. The van der Waals surface area contributed by atoms with Gasteiger partial charge in [-0.2, -0.15) is 0 Å². The van der Waals surface area contributed by atoms with Crippen LogP contribution < -0.4 is 0 Å². The maximum Gasteiger partial charge on any atom is 0.0409 e. The quantitative estimate of drug-likeness (QED) is 0.782. The number of halogens is 1. The average molecular weight is 317 g/mol. The second-order valence-electron chi connectivity index (χ2n) is 7.25. The van der Waals surface area contributed by atoms with E-state index in [9.17, 15) is 0 Å². The molecule has 4 rings (SSSR count). The van der Waals surface area contributed by atoms with Crippen LogP contribution in [0.25, 0.3) is 0 Å². The van der Waals surface area contributed by atoms with Crippen LogP contribution >= 0.6 is 11.6 Å². The number of rotatable bonds is 4. The van der Waals surface area contributed by atoms with Gasteiger partial charge in [-0.05, 0) is 48.3 Å². The Morgan fingerprint density at radius 1 is 1.00 bits per heavy atom. The molecule has 0 amide bonds. The Bertz CT molecular complexity index is 548. The largest absolute Gasteiger partial charge is 0.300 e. The molecule has 3 aliphatic rings. The highest BCUT2D eigenvalue weighted by molar-refractivity contribution is 6.30. The fraction of sp³-hybridized carbons (Fsp3) is 0.579. The van der Waals surface area contributed by atoms with Crippen LogP contribution in [0.5, 0.6) is 0 Å². The lowest BCUT2D eigenvalue weighted by Crippen LogP contribution is -2.47. The van der Waals surface area contributed by atoms with Gasteiger partial charge in [0.1, 0.15) is 0 Å². The molecule has 0 aromatic heterocycles. The second-order valence-corrected chi connectivity index (χ2v) is 7.68. The van der Waals surface area contributed by atoms with Crippen LogP contribution in [-0.4, -0.2) is 42.5 Å². The highest BCUT2D eigenvalue weighted by Gasteiger charge is 2.36. The summed E-state index contributed by atoms with van der Waals surface area (Å²) in [5.74, 6) is 2.71. The van der Waals surface area contributed by atoms with E-state index in [-0.39, 0.29) is 0 Å². The third-order valence-electron chi connectivity index (χ3n) is 5.67. The molecule has 1 aliphatic heterocycles. The van der Waals surface area contributed by atoms with Crippen LogP contribution in [0.15, 0.2) is 36.4 Å². The molecule has 1 aromatic carbocycles. The van der Waals surface area contributed by atoms with E-state index in [1.165, 1.54) is 51.1 Å². The zero-order valence-corrected chi connectivity index (χ0v) is 13.9. The van der Waals surface area contributed by atoms with Gasteiger partial charge >= 0.3 is 0 Å². The second kappa shape index (κ2) is 6.35. The SMILES string of the molecule is Clc1cccc(CN2CCN(C[C@@H]3C[C@@H]4C=C[C@H]3C4)CC2)c1. The molecule has 2 bridgehead atoms. The summed E-state index contributed by atoms with van der Waals surface area (Å²) in [5, 5.41) is 0.848. The van der Waals surface area contributed by atoms with Gasteiger partial charge in [-0.3, -0.25) is 4.90 Å². The Labute approximate surface area is 138 Å². The Kier molecular flexibility index (Phi) is 4.25. The van der Waals surface area contributed by atoms with Crippen LogP contribution in [0, 0.1) is 17.8 Å². The molecule has 3 atom stereocenters. The van der Waals surface area contributed by atoms with Crippen molar-refractivity contribution in [2.24, 2.45) is 17.8 Å². The van der Waals surface area contributed by atoms with Gasteiger partial charge in [0.15, 0.2) is 0 Å². The average Bonchev–Trinajstić information content (AvgIpc) is 3.12. The summed E-state index contributed by atoms with van der Waals surface area (Å²) in [6, 6.07) is 8.28. The van der Waals surface area contributed by atoms with Gasteiger partial charge in [0, 0.05) is 44.3 Å². The highest BCUT2D eigenvalue weighted by Crippen LogP contribution is 2.43. The van der Waals surface area contributed by atoms with Crippen molar-refractivity contribution in [3.8, 4) is 0 Å². The Hall–Kier alpha value is -0.830. The summed E-state index contributed by atoms with van der Waals surface area (Å²) >= 11 is 6.08. The zero-order valence-electron chi connectivity index (χ0n) is 13.1. The molecule has 2 aliphatic carbocycles. The first-order chi connectivity index (χ1) is 10.8. The van der Waals surface area contributed by atoms with Crippen LogP contribution in [0.1, 0.15) is 18.4 Å². The molecule has 118 valence electrons. The summed E-state index contributed by atoms with van der Waals surface area (Å²) in [6.07, 6.45) is 7.79. The fourth-order valence-electron chi connectivity index (χ4n) is 4.46. The van der Waals surface area contributed by atoms with E-state index in [1.54, 1.807) is 0 Å². The first-order valence-electron chi connectivity index (χ1n) is 8.64. The Balaban J connectivity index is 1.25. The molecule has 1 saturated carbocycles. The minimum absolute atomic E-state index is 0.848. The molecule has 3 heteroatoms. The molecule has 2 nitrogen and oxygen atoms in total. The molecule has 0 N–H and O–H groups in total. The lowest BCUT2D eigenvalue weighted by atomic mass is 9.93. The van der Waals surface area contributed by atoms with E-state index in [0.29, 0.717) is 0 Å². The lowest BCUT2D eigenvalue weighted by molar-refractivity contribution is 0.108. The fourth-order valence-corrected chi connectivity index (χ4v) is 4.67. The number of hydrogen-bond donors (Lipinski definition) is 0. The van der Waals surface area contributed by atoms with Gasteiger partial charge in [0.05, 0.1) is 0 Å². The van der Waals surface area contributed by atoms with E-state index >= 15 is 0 Å². The molecule has 1 aromatic rings. The molecular weight excluding hydrogens is 292 g/mol. The molecular formula is C19H25ClN2. The molecule has 0 spiro atoms. The molecule has 2 fully saturated rings. The third-order valence-corrected chi connectivity index (χ3v) is 5.90. The third kappa shape index (κ3) is 3.24. The van der Waals surface area contributed by atoms with E-state index < -0.39 is 0 Å². The summed E-state index contributed by atoms with van der Waals surface area (Å²) in [5.41, 5.74) is 1.33. The monoisotopic (exact) mass is 316 g/mol. The van der Waals surface area contributed by atoms with E-state index in [1.807, 2.05) is 6.07 Å². The topological polar surface area (TPSA) is 6.48 Å². The first kappa shape index (κ1) is 14.7. The van der Waals surface area contributed by atoms with Crippen molar-refractivity contribution >= 4 is 11.6 Å². The van der Waals surface area contributed by atoms with Crippen molar-refractivity contribution in [2.45, 2.75) is 19.4 Å². The number of fused-ring (bicyclic) bond motifs is 2. The van der Waals surface area contributed by atoms with E-state index in [2.05, 4.69) is 40.2 Å². The Morgan fingerprint density at radius 2 is 1.82 bits per heavy atom. The van der Waals surface area contributed by atoms with Crippen LogP contribution in [0.4, 0.5) is 0 Å². The molecule has 1 saturated heterocycles. The lowest BCUT2D eigenvalue weighted by Gasteiger charge is -2.37. The van der Waals surface area contributed by atoms with Gasteiger partial charge in [-0.1, -0.05) is 35.9 Å². The van der Waals surface area contributed by atoms with E-state index in [0.717, 1.165) is 29.3 Å². The predicted molar refractivity (Wildman–Crippen MR) is 92.0 cm³/mol. The normalized spacial score (nSPS) is 32.0. The van der Waals surface area contributed by atoms with Crippen LogP contribution in [0.3, 0.4) is 0 Å². The predicted octanol–water partition coefficient (Wildman–Crippen LogP) is 3.67. The Morgan fingerprint density at radius 3 is 2.50 bits per heavy atom. The number of allylic oxidation sites excluding steroid dienone is 2. The summed E-state index contributed by atoms with van der Waals surface area (Å²) in [7, 11) is 0. The molecule has 0 unspecified atom stereocenters. The van der Waals surface area contributed by atoms with E-state index in [4.69, 9.17) is 11.6 Å². The number of hydrogen-bond acceptors (Lipinski definition) is 2. The van der Waals surface area contributed by atoms with Gasteiger partial charge < -0.3 is 4.90 Å². The van der Waals surface area contributed by atoms with Gasteiger partial charge in [0.25, 0.3) is 0 Å². The maximum atomic E-state index is 6.08. The minimum atomic E-state index is 0.848. The number of benzene rings is 1. The minimum Gasteiger partial charge on any atom is -0.300 e. The van der Waals surface area contributed by atoms with Crippen LogP contribution in [0.2, 0.25) is 5.02 Å².